The minimum Gasteiger partial charge on any atom is -0.497 e. The van der Waals surface area contributed by atoms with Crippen LogP contribution in [-0.2, 0) is 14.6 Å². The van der Waals surface area contributed by atoms with Crippen molar-refractivity contribution in [3.05, 3.63) is 60.3 Å². The first-order valence-corrected chi connectivity index (χ1v) is 12.4. The molecule has 0 saturated heterocycles. The van der Waals surface area contributed by atoms with Gasteiger partial charge < -0.3 is 10.1 Å². The smallest absolute Gasteiger partial charge is 0.225 e. The number of carbonyl (C=O) groups is 1. The van der Waals surface area contributed by atoms with E-state index in [9.17, 15) is 13.2 Å². The Morgan fingerprint density at radius 2 is 1.94 bits per heavy atom. The normalized spacial score (nSPS) is 11.6. The molecule has 2 aromatic heterocycles. The average Bonchev–Trinajstić information content (AvgIpc) is 3.36. The van der Waals surface area contributed by atoms with Crippen LogP contribution in [0.4, 0.5) is 5.82 Å². The fourth-order valence-corrected chi connectivity index (χ4v) is 5.46. The molecule has 0 bridgehead atoms. The third-order valence-corrected chi connectivity index (χ3v) is 7.61. The standard InChI is InChI=1S/C22H22N4O4S2/c1-15-13-20(24-21(27)9-6-12-32(28,29)17-7-4-3-5-8-17)26(25-15)22-23-18-14-16(30-2)10-11-19(18)31-22/h3-5,7-8,10-11,13-14H,6,9,12H2,1-2H3,(H,24,27). The molecule has 1 N–H and O–H groups in total. The first-order valence-electron chi connectivity index (χ1n) is 9.95. The fraction of sp³-hybridized carbons (Fsp3) is 0.227. The molecule has 0 saturated carbocycles. The molecule has 0 spiro atoms. The molecular formula is C22H22N4O4S2. The Morgan fingerprint density at radius 1 is 1.16 bits per heavy atom. The van der Waals surface area contributed by atoms with Crippen molar-refractivity contribution >= 4 is 43.1 Å². The van der Waals surface area contributed by atoms with Crippen molar-refractivity contribution in [1.82, 2.24) is 14.8 Å². The highest BCUT2D eigenvalue weighted by Gasteiger charge is 2.17. The lowest BCUT2D eigenvalue weighted by molar-refractivity contribution is -0.116. The number of amides is 1. The van der Waals surface area contributed by atoms with E-state index in [2.05, 4.69) is 15.4 Å². The van der Waals surface area contributed by atoms with Gasteiger partial charge in [-0.25, -0.2) is 13.4 Å². The molecule has 2 heterocycles. The number of fused-ring (bicyclic) bond motifs is 1. The van der Waals surface area contributed by atoms with Crippen molar-refractivity contribution in [2.75, 3.05) is 18.2 Å². The van der Waals surface area contributed by atoms with Gasteiger partial charge in [0.25, 0.3) is 0 Å². The van der Waals surface area contributed by atoms with Crippen LogP contribution in [0.3, 0.4) is 0 Å². The minimum atomic E-state index is -3.41. The molecule has 0 aliphatic rings. The number of benzene rings is 2. The molecular weight excluding hydrogens is 448 g/mol. The maximum atomic E-state index is 12.5. The molecule has 4 rings (SSSR count). The Labute approximate surface area is 189 Å². The van der Waals surface area contributed by atoms with Crippen molar-refractivity contribution in [3.63, 3.8) is 0 Å². The first kappa shape index (κ1) is 22.0. The molecule has 0 unspecified atom stereocenters. The summed E-state index contributed by atoms with van der Waals surface area (Å²) in [6.45, 7) is 1.83. The van der Waals surface area contributed by atoms with E-state index in [0.29, 0.717) is 16.7 Å². The molecule has 2 aromatic carbocycles. The predicted molar refractivity (Wildman–Crippen MR) is 124 cm³/mol. The summed E-state index contributed by atoms with van der Waals surface area (Å²) >= 11 is 1.45. The van der Waals surface area contributed by atoms with Gasteiger partial charge in [-0.2, -0.15) is 9.78 Å². The van der Waals surface area contributed by atoms with Crippen LogP contribution in [0.1, 0.15) is 18.5 Å². The van der Waals surface area contributed by atoms with E-state index in [1.807, 2.05) is 25.1 Å². The average molecular weight is 471 g/mol. The zero-order valence-corrected chi connectivity index (χ0v) is 19.2. The lowest BCUT2D eigenvalue weighted by Crippen LogP contribution is -2.16. The number of carbonyl (C=O) groups excluding carboxylic acids is 1. The van der Waals surface area contributed by atoms with Gasteiger partial charge in [0.05, 0.1) is 33.7 Å². The Bertz CT molecular complexity index is 1360. The van der Waals surface area contributed by atoms with Gasteiger partial charge in [0.2, 0.25) is 11.0 Å². The molecule has 0 radical (unpaired) electrons. The molecule has 0 atom stereocenters. The first-order chi connectivity index (χ1) is 15.4. The zero-order valence-electron chi connectivity index (χ0n) is 17.6. The number of aryl methyl sites for hydroxylation is 1. The number of ether oxygens (including phenoxy) is 1. The predicted octanol–water partition coefficient (Wildman–Crippen LogP) is 3.99. The second kappa shape index (κ2) is 9.09. The zero-order chi connectivity index (χ0) is 22.7. The third kappa shape index (κ3) is 4.81. The van der Waals surface area contributed by atoms with E-state index in [-0.39, 0.29) is 29.4 Å². The van der Waals surface area contributed by atoms with Crippen LogP contribution >= 0.6 is 11.3 Å². The van der Waals surface area contributed by atoms with E-state index in [1.54, 1.807) is 48.2 Å². The number of rotatable bonds is 8. The van der Waals surface area contributed by atoms with Crippen LogP contribution in [0.15, 0.2) is 59.5 Å². The van der Waals surface area contributed by atoms with Crippen LogP contribution in [0.5, 0.6) is 5.75 Å². The molecule has 32 heavy (non-hydrogen) atoms. The van der Waals surface area contributed by atoms with E-state index >= 15 is 0 Å². The lowest BCUT2D eigenvalue weighted by Gasteiger charge is -2.07. The summed E-state index contributed by atoms with van der Waals surface area (Å²) in [7, 11) is -1.81. The van der Waals surface area contributed by atoms with Gasteiger partial charge in [-0.15, -0.1) is 0 Å². The molecule has 4 aromatic rings. The molecule has 166 valence electrons. The van der Waals surface area contributed by atoms with Crippen LogP contribution in [-0.4, -0.2) is 42.0 Å². The van der Waals surface area contributed by atoms with E-state index in [0.717, 1.165) is 15.9 Å². The maximum Gasteiger partial charge on any atom is 0.225 e. The number of sulfone groups is 1. The van der Waals surface area contributed by atoms with Crippen molar-refractivity contribution in [3.8, 4) is 10.9 Å². The Hall–Kier alpha value is -3.24. The monoisotopic (exact) mass is 470 g/mol. The van der Waals surface area contributed by atoms with Crippen molar-refractivity contribution in [1.29, 1.82) is 0 Å². The van der Waals surface area contributed by atoms with Crippen molar-refractivity contribution in [2.24, 2.45) is 0 Å². The van der Waals surface area contributed by atoms with Crippen molar-refractivity contribution in [2.45, 2.75) is 24.7 Å². The second-order valence-electron chi connectivity index (χ2n) is 7.20. The number of nitrogens with zero attached hydrogens (tertiary/aromatic N) is 3. The van der Waals surface area contributed by atoms with Gasteiger partial charge in [0.15, 0.2) is 9.84 Å². The quantitative estimate of drug-likeness (QED) is 0.418. The summed E-state index contributed by atoms with van der Waals surface area (Å²) in [4.78, 5) is 17.4. The van der Waals surface area contributed by atoms with Crippen LogP contribution < -0.4 is 10.1 Å². The van der Waals surface area contributed by atoms with Crippen LogP contribution in [0, 0.1) is 6.92 Å². The number of nitrogens with one attached hydrogen (secondary N) is 1. The number of aromatic nitrogens is 3. The molecule has 0 aliphatic heterocycles. The molecule has 0 aliphatic carbocycles. The highest BCUT2D eigenvalue weighted by Crippen LogP contribution is 2.29. The van der Waals surface area contributed by atoms with Gasteiger partial charge in [-0.1, -0.05) is 29.5 Å². The van der Waals surface area contributed by atoms with E-state index < -0.39 is 9.84 Å². The second-order valence-corrected chi connectivity index (χ2v) is 10.3. The van der Waals surface area contributed by atoms with Gasteiger partial charge >= 0.3 is 0 Å². The summed E-state index contributed by atoms with van der Waals surface area (Å²) in [5.74, 6) is 0.828. The van der Waals surface area contributed by atoms with Crippen molar-refractivity contribution < 1.29 is 17.9 Å². The molecule has 8 nitrogen and oxygen atoms in total. The summed E-state index contributed by atoms with van der Waals surface area (Å²) < 4.78 is 32.6. The third-order valence-electron chi connectivity index (χ3n) is 4.78. The SMILES string of the molecule is COc1ccc2sc(-n3nc(C)cc3NC(=O)CCCS(=O)(=O)c3ccccc3)nc2c1. The van der Waals surface area contributed by atoms with Crippen LogP contribution in [0.25, 0.3) is 15.3 Å². The lowest BCUT2D eigenvalue weighted by atomic mass is 10.3. The molecule has 0 fully saturated rings. The molecule has 1 amide bonds. The summed E-state index contributed by atoms with van der Waals surface area (Å²) in [6, 6.07) is 15.6. The highest BCUT2D eigenvalue weighted by molar-refractivity contribution is 7.91. The van der Waals surface area contributed by atoms with Gasteiger partial charge in [0, 0.05) is 18.6 Å². The van der Waals surface area contributed by atoms with E-state index in [1.165, 1.54) is 11.3 Å². The van der Waals surface area contributed by atoms with Gasteiger partial charge in [0.1, 0.15) is 11.6 Å². The van der Waals surface area contributed by atoms with E-state index in [4.69, 9.17) is 4.74 Å². The number of hydrogen-bond donors (Lipinski definition) is 1. The fourth-order valence-electron chi connectivity index (χ4n) is 3.22. The number of methoxy groups -OCH3 is 1. The van der Waals surface area contributed by atoms with Gasteiger partial charge in [-0.05, 0) is 37.6 Å². The largest absolute Gasteiger partial charge is 0.497 e. The summed E-state index contributed by atoms with van der Waals surface area (Å²) in [6.07, 6.45) is 0.296. The Kier molecular flexibility index (Phi) is 6.24. The molecule has 10 heteroatoms. The Morgan fingerprint density at radius 3 is 2.69 bits per heavy atom. The number of anilines is 1. The highest BCUT2D eigenvalue weighted by atomic mass is 32.2. The number of hydrogen-bond acceptors (Lipinski definition) is 7. The maximum absolute atomic E-state index is 12.5. The minimum absolute atomic E-state index is 0.0767. The van der Waals surface area contributed by atoms with Crippen LogP contribution in [0.2, 0.25) is 0 Å². The Balaban J connectivity index is 1.45. The summed E-state index contributed by atoms with van der Waals surface area (Å²) in [5, 5.41) is 7.90. The summed E-state index contributed by atoms with van der Waals surface area (Å²) in [5.41, 5.74) is 1.50. The number of thiazole rings is 1. The van der Waals surface area contributed by atoms with Gasteiger partial charge in [-0.3, -0.25) is 4.79 Å². The topological polar surface area (TPSA) is 103 Å².